The highest BCUT2D eigenvalue weighted by atomic mass is 14.7. The predicted octanol–water partition coefficient (Wildman–Crippen LogP) is 12.8. The van der Waals surface area contributed by atoms with Crippen molar-refractivity contribution < 1.29 is 0 Å². The molecule has 0 atom stereocenters. The third-order valence-electron chi connectivity index (χ3n) is 9.58. The van der Waals surface area contributed by atoms with Gasteiger partial charge >= 0.3 is 0 Å². The summed E-state index contributed by atoms with van der Waals surface area (Å²) in [5.74, 6) is 0. The van der Waals surface area contributed by atoms with Crippen molar-refractivity contribution in [2.24, 2.45) is 0 Å². The van der Waals surface area contributed by atoms with Crippen molar-refractivity contribution in [3.63, 3.8) is 0 Å². The van der Waals surface area contributed by atoms with Crippen molar-refractivity contribution in [3.05, 3.63) is 194 Å². The molecule has 7 aromatic carbocycles. The van der Waals surface area contributed by atoms with Crippen molar-refractivity contribution in [1.82, 2.24) is 9.97 Å². The van der Waals surface area contributed by atoms with Crippen LogP contribution in [0.4, 0.5) is 0 Å². The van der Waals surface area contributed by atoms with Crippen molar-refractivity contribution >= 4 is 21.5 Å². The summed E-state index contributed by atoms with van der Waals surface area (Å²) in [5.41, 5.74) is 13.4. The Morgan fingerprint density at radius 1 is 0.240 bits per heavy atom. The summed E-state index contributed by atoms with van der Waals surface area (Å²) in [5, 5.41) is 4.57. The van der Waals surface area contributed by atoms with Gasteiger partial charge in [0.25, 0.3) is 0 Å². The van der Waals surface area contributed by atoms with Crippen LogP contribution in [0.5, 0.6) is 0 Å². The molecule has 0 aliphatic carbocycles. The van der Waals surface area contributed by atoms with Crippen molar-refractivity contribution in [3.8, 4) is 67.0 Å². The van der Waals surface area contributed by atoms with E-state index in [1.807, 2.05) is 12.4 Å². The van der Waals surface area contributed by atoms with Gasteiger partial charge < -0.3 is 0 Å². The third-order valence-corrected chi connectivity index (χ3v) is 9.58. The fourth-order valence-electron chi connectivity index (χ4n) is 7.16. The fourth-order valence-corrected chi connectivity index (χ4v) is 7.16. The van der Waals surface area contributed by atoms with Gasteiger partial charge in [0, 0.05) is 23.5 Å². The Hall–Kier alpha value is -6.64. The van der Waals surface area contributed by atoms with E-state index in [1.165, 1.54) is 22.3 Å². The molecule has 234 valence electrons. The molecule has 0 fully saturated rings. The highest BCUT2D eigenvalue weighted by molar-refractivity contribution is 6.22. The molecule has 0 unspecified atom stereocenters. The summed E-state index contributed by atoms with van der Waals surface area (Å²) in [6.45, 7) is 0. The van der Waals surface area contributed by atoms with E-state index in [9.17, 15) is 0 Å². The second kappa shape index (κ2) is 12.8. The van der Waals surface area contributed by atoms with Crippen LogP contribution in [-0.4, -0.2) is 9.97 Å². The maximum absolute atomic E-state index is 5.06. The summed E-state index contributed by atoms with van der Waals surface area (Å²) < 4.78 is 0. The van der Waals surface area contributed by atoms with Crippen LogP contribution in [0.2, 0.25) is 0 Å². The molecule has 50 heavy (non-hydrogen) atoms. The first kappa shape index (κ1) is 29.5. The third kappa shape index (κ3) is 5.43. The lowest BCUT2D eigenvalue weighted by Crippen LogP contribution is -1.95. The maximum atomic E-state index is 5.06. The van der Waals surface area contributed by atoms with Gasteiger partial charge in [0.2, 0.25) is 0 Å². The molecular formula is C48H32N2. The number of nitrogens with zero attached hydrogens (tertiary/aromatic N) is 2. The molecule has 0 aliphatic heterocycles. The van der Waals surface area contributed by atoms with E-state index >= 15 is 0 Å². The molecule has 0 aliphatic rings. The summed E-state index contributed by atoms with van der Waals surface area (Å²) in [6.07, 6.45) is 3.88. The van der Waals surface area contributed by atoms with Crippen molar-refractivity contribution in [1.29, 1.82) is 0 Å². The van der Waals surface area contributed by atoms with E-state index in [-0.39, 0.29) is 0 Å². The van der Waals surface area contributed by atoms with Crippen LogP contribution in [0.3, 0.4) is 0 Å². The van der Waals surface area contributed by atoms with E-state index in [2.05, 4.69) is 182 Å². The Labute approximate surface area is 292 Å². The monoisotopic (exact) mass is 636 g/mol. The SMILES string of the molecule is c1ccc(-c2ccnc(-c3c4ccc(-c5ccccc5)cc4c(-c4cc(-c5ccccc5)ccn4)c4ccc(-c5ccccc5)cc34)c2)cc1. The average molecular weight is 637 g/mol. The maximum Gasteiger partial charge on any atom is 0.0720 e. The average Bonchev–Trinajstić information content (AvgIpc) is 3.21. The molecular weight excluding hydrogens is 605 g/mol. The number of hydrogen-bond donors (Lipinski definition) is 0. The standard InChI is InChI=1S/C48H32N2/c1-5-13-33(14-6-1)37-21-23-41-43(29-37)47(45-31-39(25-27-49-45)35-17-9-3-10-18-35)42-24-22-38(34-15-7-2-8-16-34)30-44(42)48(41)46-32-40(26-28-50-46)36-19-11-4-12-20-36/h1-32H. The molecule has 0 saturated carbocycles. The van der Waals surface area contributed by atoms with Gasteiger partial charge in [-0.25, -0.2) is 0 Å². The number of aromatic nitrogens is 2. The Bertz CT molecular complexity index is 2430. The highest BCUT2D eigenvalue weighted by Gasteiger charge is 2.20. The van der Waals surface area contributed by atoms with Crippen LogP contribution in [0.1, 0.15) is 0 Å². The lowest BCUT2D eigenvalue weighted by atomic mass is 9.85. The zero-order valence-corrected chi connectivity index (χ0v) is 27.4. The second-order valence-corrected chi connectivity index (χ2v) is 12.6. The topological polar surface area (TPSA) is 25.8 Å². The molecule has 0 N–H and O–H groups in total. The minimum Gasteiger partial charge on any atom is -0.256 e. The zero-order valence-electron chi connectivity index (χ0n) is 27.4. The Kier molecular flexibility index (Phi) is 7.53. The van der Waals surface area contributed by atoms with Crippen LogP contribution < -0.4 is 0 Å². The van der Waals surface area contributed by atoms with Crippen LogP contribution in [0.15, 0.2) is 194 Å². The minimum absolute atomic E-state index is 0.941. The van der Waals surface area contributed by atoms with Gasteiger partial charge in [-0.3, -0.25) is 9.97 Å². The largest absolute Gasteiger partial charge is 0.256 e. The van der Waals surface area contributed by atoms with E-state index in [4.69, 9.17) is 9.97 Å². The summed E-state index contributed by atoms with van der Waals surface area (Å²) in [6, 6.07) is 64.7. The first-order valence-corrected chi connectivity index (χ1v) is 17.0. The molecule has 2 nitrogen and oxygen atoms in total. The van der Waals surface area contributed by atoms with Gasteiger partial charge in [0.1, 0.15) is 0 Å². The summed E-state index contributed by atoms with van der Waals surface area (Å²) >= 11 is 0. The first-order chi connectivity index (χ1) is 24.8. The van der Waals surface area contributed by atoms with E-state index in [0.29, 0.717) is 0 Å². The molecule has 0 saturated heterocycles. The number of fused-ring (bicyclic) bond motifs is 2. The summed E-state index contributed by atoms with van der Waals surface area (Å²) in [7, 11) is 0. The Balaban J connectivity index is 1.40. The number of benzene rings is 7. The normalized spacial score (nSPS) is 11.2. The van der Waals surface area contributed by atoms with Crippen LogP contribution >= 0.6 is 0 Å². The van der Waals surface area contributed by atoms with Crippen molar-refractivity contribution in [2.45, 2.75) is 0 Å². The van der Waals surface area contributed by atoms with E-state index in [0.717, 1.165) is 66.3 Å². The van der Waals surface area contributed by atoms with Gasteiger partial charge in [-0.15, -0.1) is 0 Å². The molecule has 9 aromatic rings. The molecule has 0 radical (unpaired) electrons. The number of pyridine rings is 2. The molecule has 9 rings (SSSR count). The highest BCUT2D eigenvalue weighted by Crippen LogP contribution is 2.46. The quantitative estimate of drug-likeness (QED) is 0.170. The lowest BCUT2D eigenvalue weighted by Gasteiger charge is -2.19. The summed E-state index contributed by atoms with van der Waals surface area (Å²) in [4.78, 5) is 10.1. The van der Waals surface area contributed by atoms with Gasteiger partial charge in [0.15, 0.2) is 0 Å². The van der Waals surface area contributed by atoms with Crippen LogP contribution in [0, 0.1) is 0 Å². The molecule has 0 bridgehead atoms. The molecule has 0 spiro atoms. The number of rotatable bonds is 6. The zero-order chi connectivity index (χ0) is 33.3. The first-order valence-electron chi connectivity index (χ1n) is 17.0. The van der Waals surface area contributed by atoms with E-state index < -0.39 is 0 Å². The predicted molar refractivity (Wildman–Crippen MR) is 210 cm³/mol. The lowest BCUT2D eigenvalue weighted by molar-refractivity contribution is 1.33. The van der Waals surface area contributed by atoms with Gasteiger partial charge in [-0.2, -0.15) is 0 Å². The van der Waals surface area contributed by atoms with Crippen molar-refractivity contribution in [2.75, 3.05) is 0 Å². The van der Waals surface area contributed by atoms with Gasteiger partial charge in [-0.05, 0) is 102 Å². The van der Waals surface area contributed by atoms with Gasteiger partial charge in [-0.1, -0.05) is 146 Å². The van der Waals surface area contributed by atoms with Gasteiger partial charge in [0.05, 0.1) is 11.4 Å². The second-order valence-electron chi connectivity index (χ2n) is 12.6. The number of hydrogen-bond acceptors (Lipinski definition) is 2. The molecule has 0 amide bonds. The molecule has 2 aromatic heterocycles. The Morgan fingerprint density at radius 2 is 0.560 bits per heavy atom. The van der Waals surface area contributed by atoms with Crippen LogP contribution in [-0.2, 0) is 0 Å². The smallest absolute Gasteiger partial charge is 0.0720 e. The fraction of sp³-hybridized carbons (Fsp3) is 0. The van der Waals surface area contributed by atoms with Crippen LogP contribution in [0.25, 0.3) is 88.6 Å². The minimum atomic E-state index is 0.941. The molecule has 2 heteroatoms. The Morgan fingerprint density at radius 3 is 0.900 bits per heavy atom. The van der Waals surface area contributed by atoms with E-state index in [1.54, 1.807) is 0 Å². The molecule has 2 heterocycles.